The van der Waals surface area contributed by atoms with E-state index in [1.54, 1.807) is 24.8 Å². The molecule has 2 heterocycles. The maximum atomic E-state index is 11.7. The number of nitrogens with one attached hydrogen (secondary N) is 2. The van der Waals surface area contributed by atoms with Gasteiger partial charge in [0.1, 0.15) is 0 Å². The minimum absolute atomic E-state index is 0.152. The molecule has 0 saturated heterocycles. The number of amides is 2. The van der Waals surface area contributed by atoms with Crippen molar-refractivity contribution in [2.24, 2.45) is 0 Å². The van der Waals surface area contributed by atoms with Crippen molar-refractivity contribution in [3.63, 3.8) is 0 Å². The van der Waals surface area contributed by atoms with E-state index >= 15 is 0 Å². The van der Waals surface area contributed by atoms with Gasteiger partial charge in [0.25, 0.3) is 0 Å². The first-order chi connectivity index (χ1) is 10.7. The van der Waals surface area contributed by atoms with Gasteiger partial charge in [-0.25, -0.2) is 0 Å². The van der Waals surface area contributed by atoms with Crippen LogP contribution in [0.2, 0.25) is 0 Å². The Labute approximate surface area is 129 Å². The average Bonchev–Trinajstić information content (AvgIpc) is 2.58. The van der Waals surface area contributed by atoms with E-state index in [4.69, 9.17) is 0 Å². The average molecular weight is 298 g/mol. The molecule has 0 atom stereocenters. The Morgan fingerprint density at radius 3 is 1.64 bits per heavy atom. The number of carbonyl (C=O) groups is 2. The summed E-state index contributed by atoms with van der Waals surface area (Å²) in [6.07, 6.45) is 7.08. The third-order valence-electron chi connectivity index (χ3n) is 3.00. The highest BCUT2D eigenvalue weighted by Crippen LogP contribution is 1.98. The van der Waals surface area contributed by atoms with Crippen LogP contribution >= 0.6 is 0 Å². The summed E-state index contributed by atoms with van der Waals surface area (Å²) < 4.78 is 0. The Morgan fingerprint density at radius 1 is 0.818 bits per heavy atom. The molecule has 0 spiro atoms. The van der Waals surface area contributed by atoms with Crippen molar-refractivity contribution in [2.75, 3.05) is 0 Å². The molecule has 0 saturated carbocycles. The molecule has 22 heavy (non-hydrogen) atoms. The lowest BCUT2D eigenvalue weighted by Gasteiger charge is -2.06. The van der Waals surface area contributed by atoms with Crippen LogP contribution in [0.1, 0.15) is 24.0 Å². The summed E-state index contributed by atoms with van der Waals surface area (Å²) in [6.45, 7) is 0.841. The van der Waals surface area contributed by atoms with Gasteiger partial charge >= 0.3 is 0 Å². The first-order valence-corrected chi connectivity index (χ1v) is 7.05. The predicted molar refractivity (Wildman–Crippen MR) is 81.4 cm³/mol. The lowest BCUT2D eigenvalue weighted by Crippen LogP contribution is -2.27. The van der Waals surface area contributed by atoms with Crippen LogP contribution in [-0.2, 0) is 22.7 Å². The number of rotatable bonds is 7. The Kier molecular flexibility index (Phi) is 6.04. The second-order valence-corrected chi connectivity index (χ2v) is 4.78. The monoisotopic (exact) mass is 298 g/mol. The van der Waals surface area contributed by atoms with Gasteiger partial charge in [-0.05, 0) is 23.3 Å². The van der Waals surface area contributed by atoms with E-state index < -0.39 is 0 Å². The molecule has 2 rings (SSSR count). The summed E-state index contributed by atoms with van der Waals surface area (Å²) in [4.78, 5) is 31.3. The van der Waals surface area contributed by atoms with Gasteiger partial charge in [-0.15, -0.1) is 0 Å². The lowest BCUT2D eigenvalue weighted by molar-refractivity contribution is -0.126. The van der Waals surface area contributed by atoms with Gasteiger partial charge in [0.05, 0.1) is 0 Å². The molecular weight excluding hydrogens is 280 g/mol. The highest BCUT2D eigenvalue weighted by atomic mass is 16.2. The van der Waals surface area contributed by atoms with E-state index in [9.17, 15) is 9.59 Å². The quantitative estimate of drug-likeness (QED) is 0.804. The molecule has 6 nitrogen and oxygen atoms in total. The summed E-state index contributed by atoms with van der Waals surface area (Å²) in [6, 6.07) is 7.39. The number of nitrogens with zero attached hydrogens (tertiary/aromatic N) is 2. The molecule has 0 aromatic carbocycles. The molecule has 2 amide bonds. The van der Waals surface area contributed by atoms with Crippen molar-refractivity contribution in [3.05, 3.63) is 60.2 Å². The molecule has 2 N–H and O–H groups in total. The predicted octanol–water partition coefficient (Wildman–Crippen LogP) is 1.19. The molecule has 0 bridgehead atoms. The van der Waals surface area contributed by atoms with Gasteiger partial charge in [-0.1, -0.05) is 12.1 Å². The van der Waals surface area contributed by atoms with Crippen LogP contribution in [-0.4, -0.2) is 21.8 Å². The van der Waals surface area contributed by atoms with Gasteiger partial charge in [0.15, 0.2) is 0 Å². The molecule has 6 heteroatoms. The van der Waals surface area contributed by atoms with Gasteiger partial charge in [-0.2, -0.15) is 0 Å². The van der Waals surface area contributed by atoms with Crippen LogP contribution in [0.4, 0.5) is 0 Å². The van der Waals surface area contributed by atoms with Gasteiger partial charge < -0.3 is 10.6 Å². The minimum atomic E-state index is -0.152. The molecule has 2 aromatic rings. The summed E-state index contributed by atoms with van der Waals surface area (Å²) >= 11 is 0. The second-order valence-electron chi connectivity index (χ2n) is 4.78. The fourth-order valence-corrected chi connectivity index (χ4v) is 1.81. The van der Waals surface area contributed by atoms with E-state index in [-0.39, 0.29) is 24.7 Å². The van der Waals surface area contributed by atoms with Crippen LogP contribution in [0.5, 0.6) is 0 Å². The Bertz CT molecular complexity index is 547. The zero-order valence-corrected chi connectivity index (χ0v) is 12.2. The third-order valence-corrected chi connectivity index (χ3v) is 3.00. The number of hydrogen-bond acceptors (Lipinski definition) is 4. The van der Waals surface area contributed by atoms with Crippen LogP contribution in [0.25, 0.3) is 0 Å². The zero-order valence-electron chi connectivity index (χ0n) is 12.2. The van der Waals surface area contributed by atoms with Gasteiger partial charge in [-0.3, -0.25) is 19.6 Å². The highest BCUT2D eigenvalue weighted by molar-refractivity contribution is 5.83. The Morgan fingerprint density at radius 2 is 1.27 bits per heavy atom. The van der Waals surface area contributed by atoms with Crippen molar-refractivity contribution in [3.8, 4) is 0 Å². The molecular formula is C16H18N4O2. The fraction of sp³-hybridized carbons (Fsp3) is 0.250. The standard InChI is InChI=1S/C16H18N4O2/c21-15(19-11-13-3-1-7-17-9-13)5-6-16(22)20-12-14-4-2-8-18-10-14/h1-4,7-10H,5-6,11-12H2,(H,19,21)(H,20,22). The van der Waals surface area contributed by atoms with Gasteiger partial charge in [0.2, 0.25) is 11.8 Å². The summed E-state index contributed by atoms with van der Waals surface area (Å²) in [7, 11) is 0. The summed E-state index contributed by atoms with van der Waals surface area (Å²) in [5.41, 5.74) is 1.86. The topological polar surface area (TPSA) is 84.0 Å². The molecule has 0 aliphatic carbocycles. The highest BCUT2D eigenvalue weighted by Gasteiger charge is 2.06. The summed E-state index contributed by atoms with van der Waals surface area (Å²) in [5, 5.41) is 5.52. The maximum Gasteiger partial charge on any atom is 0.220 e. The number of hydrogen-bond donors (Lipinski definition) is 2. The SMILES string of the molecule is O=C(CCC(=O)NCc1cccnc1)NCc1cccnc1. The first kappa shape index (κ1) is 15.6. The first-order valence-electron chi connectivity index (χ1n) is 7.05. The molecule has 0 radical (unpaired) electrons. The molecule has 0 aliphatic rings. The second kappa shape index (κ2) is 8.51. The van der Waals surface area contributed by atoms with Crippen molar-refractivity contribution in [1.82, 2.24) is 20.6 Å². The number of carbonyl (C=O) groups excluding carboxylic acids is 2. The Hall–Kier alpha value is -2.76. The molecule has 0 aliphatic heterocycles. The maximum absolute atomic E-state index is 11.7. The molecule has 2 aromatic heterocycles. The fourth-order valence-electron chi connectivity index (χ4n) is 1.81. The molecule has 0 unspecified atom stereocenters. The van der Waals surface area contributed by atoms with Crippen LogP contribution in [0, 0.1) is 0 Å². The van der Waals surface area contributed by atoms with Crippen LogP contribution in [0.3, 0.4) is 0 Å². The largest absolute Gasteiger partial charge is 0.352 e. The van der Waals surface area contributed by atoms with E-state index in [1.807, 2.05) is 24.3 Å². The van der Waals surface area contributed by atoms with Crippen LogP contribution < -0.4 is 10.6 Å². The Balaban J connectivity index is 1.62. The third kappa shape index (κ3) is 5.70. The van der Waals surface area contributed by atoms with Gasteiger partial charge in [0, 0.05) is 50.7 Å². The van der Waals surface area contributed by atoms with Crippen molar-refractivity contribution < 1.29 is 9.59 Å². The van der Waals surface area contributed by atoms with E-state index in [2.05, 4.69) is 20.6 Å². The van der Waals surface area contributed by atoms with E-state index in [0.717, 1.165) is 11.1 Å². The lowest BCUT2D eigenvalue weighted by atomic mass is 10.2. The zero-order chi connectivity index (χ0) is 15.6. The van der Waals surface area contributed by atoms with Crippen LogP contribution in [0.15, 0.2) is 49.1 Å². The number of aromatic nitrogens is 2. The minimum Gasteiger partial charge on any atom is -0.352 e. The van der Waals surface area contributed by atoms with Crippen molar-refractivity contribution in [2.45, 2.75) is 25.9 Å². The van der Waals surface area contributed by atoms with E-state index in [0.29, 0.717) is 13.1 Å². The summed E-state index contributed by atoms with van der Waals surface area (Å²) in [5.74, 6) is -0.305. The van der Waals surface area contributed by atoms with E-state index in [1.165, 1.54) is 0 Å². The van der Waals surface area contributed by atoms with Crippen molar-refractivity contribution >= 4 is 11.8 Å². The molecule has 0 fully saturated rings. The smallest absolute Gasteiger partial charge is 0.220 e. The van der Waals surface area contributed by atoms with Crippen molar-refractivity contribution in [1.29, 1.82) is 0 Å². The normalized spacial score (nSPS) is 10.0. The molecule has 114 valence electrons. The number of pyridine rings is 2.